The number of carbonyl (C=O) groups is 1. The molecule has 0 spiro atoms. The van der Waals surface area contributed by atoms with Crippen LogP contribution in [0.5, 0.6) is 11.5 Å². The van der Waals surface area contributed by atoms with Crippen molar-refractivity contribution in [2.45, 2.75) is 37.4 Å². The van der Waals surface area contributed by atoms with Crippen LogP contribution in [0, 0.1) is 11.3 Å². The third kappa shape index (κ3) is 3.32. The zero-order valence-electron chi connectivity index (χ0n) is 13.6. The number of ether oxygens (including phenoxy) is 1. The van der Waals surface area contributed by atoms with Crippen LogP contribution < -0.4 is 15.4 Å². The lowest BCUT2D eigenvalue weighted by Crippen LogP contribution is -2.42. The van der Waals surface area contributed by atoms with Crippen molar-refractivity contribution in [2.24, 2.45) is 0 Å². The van der Waals surface area contributed by atoms with Gasteiger partial charge in [0.2, 0.25) is 0 Å². The molecule has 6 heteroatoms. The largest absolute Gasteiger partial charge is 0.456 e. The van der Waals surface area contributed by atoms with Crippen LogP contribution in [0.3, 0.4) is 0 Å². The van der Waals surface area contributed by atoms with Gasteiger partial charge in [-0.1, -0.05) is 0 Å². The van der Waals surface area contributed by atoms with E-state index in [0.717, 1.165) is 12.8 Å². The van der Waals surface area contributed by atoms with Gasteiger partial charge in [-0.3, -0.25) is 4.79 Å². The van der Waals surface area contributed by atoms with E-state index in [1.807, 2.05) is 6.07 Å². The molecule has 25 heavy (non-hydrogen) atoms. The summed E-state index contributed by atoms with van der Waals surface area (Å²) in [5.74, 6) is 1.11. The number of hydrogen-bond acceptors (Lipinski definition) is 5. The first-order valence-electron chi connectivity index (χ1n) is 8.42. The third-order valence-corrected chi connectivity index (χ3v) is 4.82. The Morgan fingerprint density at radius 2 is 2.00 bits per heavy atom. The predicted octanol–water partition coefficient (Wildman–Crippen LogP) is 2.37. The van der Waals surface area contributed by atoms with Gasteiger partial charge in [-0.25, -0.2) is 4.98 Å². The van der Waals surface area contributed by atoms with Crippen molar-refractivity contribution in [2.75, 3.05) is 0 Å². The first kappa shape index (κ1) is 15.6. The summed E-state index contributed by atoms with van der Waals surface area (Å²) in [5.41, 5.74) is 0.961. The number of fused-ring (bicyclic) bond motifs is 2. The van der Waals surface area contributed by atoms with Gasteiger partial charge < -0.3 is 15.4 Å². The number of aromatic nitrogens is 1. The van der Waals surface area contributed by atoms with E-state index in [4.69, 9.17) is 10.00 Å². The monoisotopic (exact) mass is 334 g/mol. The molecular formula is C19H18N4O2. The number of nitrogens with one attached hydrogen (secondary N) is 2. The molecule has 3 atom stereocenters. The Morgan fingerprint density at radius 3 is 2.60 bits per heavy atom. The lowest BCUT2D eigenvalue weighted by molar-refractivity contribution is 0.0931. The van der Waals surface area contributed by atoms with Crippen LogP contribution in [0.4, 0.5) is 0 Å². The molecule has 1 amide bonds. The third-order valence-electron chi connectivity index (χ3n) is 4.82. The quantitative estimate of drug-likeness (QED) is 0.896. The van der Waals surface area contributed by atoms with Crippen molar-refractivity contribution >= 4 is 5.91 Å². The average molecular weight is 334 g/mol. The maximum Gasteiger partial charge on any atom is 0.251 e. The van der Waals surface area contributed by atoms with Gasteiger partial charge in [0.25, 0.3) is 5.91 Å². The van der Waals surface area contributed by atoms with E-state index in [0.29, 0.717) is 34.8 Å². The van der Waals surface area contributed by atoms with E-state index in [-0.39, 0.29) is 11.9 Å². The lowest BCUT2D eigenvalue weighted by Gasteiger charge is -2.21. The van der Waals surface area contributed by atoms with Crippen LogP contribution in [-0.2, 0) is 0 Å². The van der Waals surface area contributed by atoms with E-state index in [9.17, 15) is 4.79 Å². The highest BCUT2D eigenvalue weighted by molar-refractivity contribution is 5.94. The summed E-state index contributed by atoms with van der Waals surface area (Å²) in [5, 5.41) is 15.4. The number of benzene rings is 1. The van der Waals surface area contributed by atoms with Gasteiger partial charge in [0.05, 0.1) is 6.20 Å². The number of rotatable bonds is 4. The number of amides is 1. The topological polar surface area (TPSA) is 87.0 Å². The number of nitriles is 1. The summed E-state index contributed by atoms with van der Waals surface area (Å²) in [4.78, 5) is 16.4. The maximum absolute atomic E-state index is 12.4. The summed E-state index contributed by atoms with van der Waals surface area (Å²) in [6, 6.07) is 13.5. The zero-order valence-corrected chi connectivity index (χ0v) is 13.6. The molecular weight excluding hydrogens is 316 g/mol. The van der Waals surface area contributed by atoms with Crippen LogP contribution in [0.2, 0.25) is 0 Å². The van der Waals surface area contributed by atoms with Crippen molar-refractivity contribution in [3.8, 4) is 17.6 Å². The molecule has 2 bridgehead atoms. The fourth-order valence-corrected chi connectivity index (χ4v) is 3.55. The molecule has 0 radical (unpaired) electrons. The van der Waals surface area contributed by atoms with Crippen LogP contribution in [0.1, 0.15) is 35.3 Å². The number of nitrogens with zero attached hydrogens (tertiary/aromatic N) is 2. The second-order valence-corrected chi connectivity index (χ2v) is 6.48. The Morgan fingerprint density at radius 1 is 1.20 bits per heavy atom. The van der Waals surface area contributed by atoms with Crippen molar-refractivity contribution in [1.82, 2.24) is 15.6 Å². The fourth-order valence-electron chi connectivity index (χ4n) is 3.55. The van der Waals surface area contributed by atoms with Crippen molar-refractivity contribution in [3.05, 3.63) is 53.9 Å². The number of pyridine rings is 1. The molecule has 1 aromatic heterocycles. The molecule has 3 heterocycles. The second-order valence-electron chi connectivity index (χ2n) is 6.48. The van der Waals surface area contributed by atoms with Crippen LogP contribution in [-0.4, -0.2) is 29.0 Å². The molecule has 4 rings (SSSR count). The van der Waals surface area contributed by atoms with Gasteiger partial charge in [0, 0.05) is 23.7 Å². The normalized spacial score (nSPS) is 23.9. The highest BCUT2D eigenvalue weighted by Crippen LogP contribution is 2.28. The van der Waals surface area contributed by atoms with Crippen molar-refractivity contribution < 1.29 is 9.53 Å². The highest BCUT2D eigenvalue weighted by Gasteiger charge is 2.39. The van der Waals surface area contributed by atoms with Crippen molar-refractivity contribution in [1.29, 1.82) is 5.26 Å². The van der Waals surface area contributed by atoms with Gasteiger partial charge >= 0.3 is 0 Å². The Labute approximate surface area is 145 Å². The fraction of sp³-hybridized carbons (Fsp3) is 0.316. The molecule has 2 aromatic rings. The van der Waals surface area contributed by atoms with Gasteiger partial charge in [0.15, 0.2) is 0 Å². The Hall–Kier alpha value is -2.91. The number of carbonyl (C=O) groups excluding carboxylic acids is 1. The molecule has 2 saturated heterocycles. The van der Waals surface area contributed by atoms with Gasteiger partial charge in [-0.15, -0.1) is 0 Å². The molecule has 126 valence electrons. The average Bonchev–Trinajstić information content (AvgIpc) is 3.26. The summed E-state index contributed by atoms with van der Waals surface area (Å²) in [6.07, 6.45) is 4.87. The summed E-state index contributed by atoms with van der Waals surface area (Å²) >= 11 is 0. The number of hydrogen-bond donors (Lipinski definition) is 2. The van der Waals surface area contributed by atoms with E-state index in [2.05, 4.69) is 15.6 Å². The minimum Gasteiger partial charge on any atom is -0.456 e. The maximum atomic E-state index is 12.4. The Kier molecular flexibility index (Phi) is 4.08. The molecule has 2 aliphatic rings. The van der Waals surface area contributed by atoms with E-state index < -0.39 is 0 Å². The molecule has 1 aromatic carbocycles. The van der Waals surface area contributed by atoms with Gasteiger partial charge in [0.1, 0.15) is 23.3 Å². The second kappa shape index (κ2) is 6.54. The molecule has 0 unspecified atom stereocenters. The summed E-state index contributed by atoms with van der Waals surface area (Å²) in [6.45, 7) is 0. The molecule has 2 fully saturated rings. The van der Waals surface area contributed by atoms with Crippen molar-refractivity contribution in [3.63, 3.8) is 0 Å². The standard InChI is InChI=1S/C19H18N4O2/c20-10-14-3-7-16(11-21-14)25-15-5-1-12(2-6-15)19(24)23-18-9-13-4-8-17(18)22-13/h1-3,5-7,11,13,17-18,22H,4,8-9H2,(H,23,24)/t13-,17+,18-/m1/s1. The summed E-state index contributed by atoms with van der Waals surface area (Å²) < 4.78 is 5.67. The molecule has 2 aliphatic heterocycles. The van der Waals surface area contributed by atoms with Crippen LogP contribution in [0.15, 0.2) is 42.6 Å². The summed E-state index contributed by atoms with van der Waals surface area (Å²) in [7, 11) is 0. The first-order chi connectivity index (χ1) is 12.2. The van der Waals surface area contributed by atoms with E-state index >= 15 is 0 Å². The van der Waals surface area contributed by atoms with E-state index in [1.165, 1.54) is 12.6 Å². The minimum atomic E-state index is -0.0501. The lowest BCUT2D eigenvalue weighted by atomic mass is 9.95. The van der Waals surface area contributed by atoms with Crippen LogP contribution >= 0.6 is 0 Å². The van der Waals surface area contributed by atoms with Crippen LogP contribution in [0.25, 0.3) is 0 Å². The van der Waals surface area contributed by atoms with E-state index in [1.54, 1.807) is 36.4 Å². The zero-order chi connectivity index (χ0) is 17.2. The Balaban J connectivity index is 1.37. The molecule has 2 N–H and O–H groups in total. The predicted molar refractivity (Wildman–Crippen MR) is 91.3 cm³/mol. The molecule has 6 nitrogen and oxygen atoms in total. The minimum absolute atomic E-state index is 0.0501. The SMILES string of the molecule is N#Cc1ccc(Oc2ccc(C(=O)N[C@@H]3C[C@H]4CC[C@@H]3N4)cc2)cn1. The van der Waals surface area contributed by atoms with Gasteiger partial charge in [-0.2, -0.15) is 5.26 Å². The highest BCUT2D eigenvalue weighted by atomic mass is 16.5. The smallest absolute Gasteiger partial charge is 0.251 e. The Bertz CT molecular complexity index is 811. The molecule has 0 aliphatic carbocycles. The van der Waals surface area contributed by atoms with Gasteiger partial charge in [-0.05, 0) is 55.7 Å². The molecule has 0 saturated carbocycles. The first-order valence-corrected chi connectivity index (χ1v) is 8.42.